The van der Waals surface area contributed by atoms with Gasteiger partial charge in [-0.05, 0) is 5.56 Å². The number of nitrogens with two attached hydrogens (primary N) is 1. The lowest BCUT2D eigenvalue weighted by molar-refractivity contribution is -0.130. The lowest BCUT2D eigenvalue weighted by atomic mass is 10.2. The molecule has 0 heterocycles. The number of benzene rings is 1. The van der Waals surface area contributed by atoms with Crippen molar-refractivity contribution in [2.75, 3.05) is 13.7 Å². The molecule has 0 radical (unpaired) electrons. The van der Waals surface area contributed by atoms with E-state index in [1.807, 2.05) is 30.3 Å². The summed E-state index contributed by atoms with van der Waals surface area (Å²) in [7, 11) is 1.40. The molecule has 0 aliphatic heterocycles. The highest BCUT2D eigenvalue weighted by Gasteiger charge is 2.17. The fraction of sp³-hybridized carbons (Fsp3) is 0.333. The Morgan fingerprint density at radius 1 is 1.28 bits per heavy atom. The van der Waals surface area contributed by atoms with Crippen molar-refractivity contribution in [1.29, 1.82) is 0 Å². The molecule has 0 bridgehead atoms. The van der Waals surface area contributed by atoms with E-state index in [0.29, 0.717) is 6.54 Å². The van der Waals surface area contributed by atoms with Gasteiger partial charge in [0.15, 0.2) is 6.10 Å². The quantitative estimate of drug-likeness (QED) is 0.663. The van der Waals surface area contributed by atoms with E-state index in [1.54, 1.807) is 0 Å². The van der Waals surface area contributed by atoms with Crippen LogP contribution in [0.5, 0.6) is 0 Å². The minimum Gasteiger partial charge on any atom is -0.370 e. The number of carbonyl (C=O) groups excluding carboxylic acids is 2. The van der Waals surface area contributed by atoms with Crippen molar-refractivity contribution in [1.82, 2.24) is 10.6 Å². The molecule has 3 amide bonds. The predicted molar refractivity (Wildman–Crippen MR) is 66.7 cm³/mol. The highest BCUT2D eigenvalue weighted by molar-refractivity contribution is 5.82. The van der Waals surface area contributed by atoms with Crippen molar-refractivity contribution in [2.45, 2.75) is 12.6 Å². The van der Waals surface area contributed by atoms with E-state index in [4.69, 9.17) is 10.5 Å². The van der Waals surface area contributed by atoms with Crippen LogP contribution in [0.25, 0.3) is 0 Å². The van der Waals surface area contributed by atoms with Crippen LogP contribution in [0.1, 0.15) is 5.56 Å². The van der Waals surface area contributed by atoms with E-state index in [1.165, 1.54) is 7.11 Å². The molecule has 1 aromatic carbocycles. The molecule has 0 saturated carbocycles. The number of rotatable bonds is 6. The Morgan fingerprint density at radius 3 is 2.50 bits per heavy atom. The third-order valence-electron chi connectivity index (χ3n) is 2.35. The first-order chi connectivity index (χ1) is 8.63. The maximum absolute atomic E-state index is 11.7. The molecule has 6 heteroatoms. The first kappa shape index (κ1) is 14.0. The Labute approximate surface area is 105 Å². The zero-order valence-electron chi connectivity index (χ0n) is 10.2. The largest absolute Gasteiger partial charge is 0.370 e. The zero-order valence-corrected chi connectivity index (χ0v) is 10.2. The molecular weight excluding hydrogens is 234 g/mol. The highest BCUT2D eigenvalue weighted by Crippen LogP contribution is 1.98. The molecule has 0 saturated heterocycles. The predicted octanol–water partition coefficient (Wildman–Crippen LogP) is -0.0139. The molecule has 18 heavy (non-hydrogen) atoms. The van der Waals surface area contributed by atoms with Gasteiger partial charge in [0, 0.05) is 13.7 Å². The third-order valence-corrected chi connectivity index (χ3v) is 2.35. The molecule has 98 valence electrons. The first-order valence-electron chi connectivity index (χ1n) is 5.51. The molecule has 0 aliphatic rings. The van der Waals surface area contributed by atoms with Gasteiger partial charge >= 0.3 is 6.03 Å². The average molecular weight is 251 g/mol. The summed E-state index contributed by atoms with van der Waals surface area (Å²) in [6.07, 6.45) is -0.749. The summed E-state index contributed by atoms with van der Waals surface area (Å²) in [5.74, 6) is -0.296. The maximum Gasteiger partial charge on any atom is 0.312 e. The van der Waals surface area contributed by atoms with Crippen LogP contribution in [0.2, 0.25) is 0 Å². The van der Waals surface area contributed by atoms with Crippen LogP contribution in [0.15, 0.2) is 30.3 Å². The molecule has 1 rings (SSSR count). The molecular formula is C12H17N3O3. The van der Waals surface area contributed by atoms with Crippen molar-refractivity contribution in [3.8, 4) is 0 Å². The number of nitrogens with one attached hydrogen (secondary N) is 2. The lowest BCUT2D eigenvalue weighted by Gasteiger charge is -2.15. The number of urea groups is 1. The van der Waals surface area contributed by atoms with Crippen molar-refractivity contribution >= 4 is 11.9 Å². The van der Waals surface area contributed by atoms with Crippen LogP contribution < -0.4 is 16.4 Å². The number of methoxy groups -OCH3 is 1. The number of primary amides is 1. The van der Waals surface area contributed by atoms with Gasteiger partial charge in [-0.15, -0.1) is 0 Å². The number of carbonyl (C=O) groups is 2. The second-order valence-corrected chi connectivity index (χ2v) is 3.67. The monoisotopic (exact) mass is 251 g/mol. The smallest absolute Gasteiger partial charge is 0.312 e. The van der Waals surface area contributed by atoms with Crippen molar-refractivity contribution in [2.24, 2.45) is 5.73 Å². The molecule has 1 aromatic rings. The summed E-state index contributed by atoms with van der Waals surface area (Å²) in [5.41, 5.74) is 5.91. The maximum atomic E-state index is 11.7. The number of hydrogen-bond donors (Lipinski definition) is 3. The minimum absolute atomic E-state index is 0.0481. The van der Waals surface area contributed by atoms with Gasteiger partial charge in [0.1, 0.15) is 0 Å². The van der Waals surface area contributed by atoms with Gasteiger partial charge in [-0.25, -0.2) is 4.79 Å². The highest BCUT2D eigenvalue weighted by atomic mass is 16.5. The van der Waals surface area contributed by atoms with Gasteiger partial charge in [0.2, 0.25) is 0 Å². The summed E-state index contributed by atoms with van der Waals surface area (Å²) >= 11 is 0. The Balaban J connectivity index is 2.40. The summed E-state index contributed by atoms with van der Waals surface area (Å²) in [6.45, 7) is 0.461. The Kier molecular flexibility index (Phi) is 5.66. The summed E-state index contributed by atoms with van der Waals surface area (Å²) in [6, 6.07) is 8.81. The Hall–Kier alpha value is -2.08. The molecule has 0 fully saturated rings. The number of hydrogen-bond acceptors (Lipinski definition) is 3. The molecule has 0 aliphatic carbocycles. The van der Waals surface area contributed by atoms with E-state index in [9.17, 15) is 9.59 Å². The van der Waals surface area contributed by atoms with Crippen LogP contribution in [-0.4, -0.2) is 31.7 Å². The summed E-state index contributed by atoms with van der Waals surface area (Å²) in [5, 5.41) is 5.05. The molecule has 1 atom stereocenters. The second-order valence-electron chi connectivity index (χ2n) is 3.67. The van der Waals surface area contributed by atoms with Gasteiger partial charge in [0.25, 0.3) is 5.91 Å². The van der Waals surface area contributed by atoms with Crippen LogP contribution in [0, 0.1) is 0 Å². The normalized spacial score (nSPS) is 11.6. The van der Waals surface area contributed by atoms with Crippen LogP contribution in [0.4, 0.5) is 4.79 Å². The van der Waals surface area contributed by atoms with Gasteiger partial charge in [-0.1, -0.05) is 30.3 Å². The topological polar surface area (TPSA) is 93.4 Å². The van der Waals surface area contributed by atoms with Crippen LogP contribution in [-0.2, 0) is 16.1 Å². The van der Waals surface area contributed by atoms with Gasteiger partial charge in [-0.3, -0.25) is 4.79 Å². The average Bonchev–Trinajstić information content (AvgIpc) is 2.38. The van der Waals surface area contributed by atoms with E-state index >= 15 is 0 Å². The Morgan fingerprint density at radius 2 is 1.94 bits per heavy atom. The molecule has 4 N–H and O–H groups in total. The van der Waals surface area contributed by atoms with Crippen molar-refractivity contribution in [3.05, 3.63) is 35.9 Å². The van der Waals surface area contributed by atoms with Crippen molar-refractivity contribution in [3.63, 3.8) is 0 Å². The number of amides is 3. The first-order valence-corrected chi connectivity index (χ1v) is 5.51. The SMILES string of the molecule is COC(CNC(N)=O)C(=O)NCc1ccccc1. The standard InChI is InChI=1S/C12H17N3O3/c1-18-10(8-15-12(13)17)11(16)14-7-9-5-3-2-4-6-9/h2-6,10H,7-8H2,1H3,(H,14,16)(H3,13,15,17). The summed E-state index contributed by atoms with van der Waals surface area (Å²) in [4.78, 5) is 22.3. The fourth-order valence-electron chi connectivity index (χ4n) is 1.38. The van der Waals surface area contributed by atoms with Crippen LogP contribution >= 0.6 is 0 Å². The van der Waals surface area contributed by atoms with E-state index < -0.39 is 12.1 Å². The van der Waals surface area contributed by atoms with Crippen LogP contribution in [0.3, 0.4) is 0 Å². The van der Waals surface area contributed by atoms with Gasteiger partial charge in [-0.2, -0.15) is 0 Å². The van der Waals surface area contributed by atoms with Gasteiger partial charge < -0.3 is 21.1 Å². The molecule has 0 aromatic heterocycles. The third kappa shape index (κ3) is 4.84. The minimum atomic E-state index is -0.749. The Bertz CT molecular complexity index is 395. The summed E-state index contributed by atoms with van der Waals surface area (Å²) < 4.78 is 4.97. The lowest BCUT2D eigenvalue weighted by Crippen LogP contribution is -2.44. The second kappa shape index (κ2) is 7.29. The van der Waals surface area contributed by atoms with Gasteiger partial charge in [0.05, 0.1) is 6.54 Å². The van der Waals surface area contributed by atoms with E-state index in [-0.39, 0.29) is 12.5 Å². The fourth-order valence-corrected chi connectivity index (χ4v) is 1.38. The zero-order chi connectivity index (χ0) is 13.4. The van der Waals surface area contributed by atoms with E-state index in [2.05, 4.69) is 10.6 Å². The molecule has 1 unspecified atom stereocenters. The molecule has 0 spiro atoms. The molecule has 6 nitrogen and oxygen atoms in total. The van der Waals surface area contributed by atoms with E-state index in [0.717, 1.165) is 5.56 Å². The van der Waals surface area contributed by atoms with Crippen molar-refractivity contribution < 1.29 is 14.3 Å². The number of ether oxygens (including phenoxy) is 1.